The molecule has 0 spiro atoms. The first kappa shape index (κ1) is 19.9. The molecule has 1 saturated carbocycles. The third kappa shape index (κ3) is 3.75. The molecule has 0 aromatic carbocycles. The van der Waals surface area contributed by atoms with E-state index in [-0.39, 0.29) is 23.7 Å². The molecule has 0 radical (unpaired) electrons. The van der Waals surface area contributed by atoms with Gasteiger partial charge < -0.3 is 10.6 Å². The molecule has 8 nitrogen and oxygen atoms in total. The zero-order valence-corrected chi connectivity index (χ0v) is 17.9. The average Bonchev–Trinajstić information content (AvgIpc) is 3.60. The van der Waals surface area contributed by atoms with Crippen LogP contribution in [0.15, 0.2) is 18.3 Å². The Bertz CT molecular complexity index is 1030. The molecule has 1 aliphatic carbocycles. The van der Waals surface area contributed by atoms with Crippen LogP contribution in [0, 0.1) is 12.8 Å². The number of carbonyl (C=O) groups is 2. The van der Waals surface area contributed by atoms with Gasteiger partial charge in [0.05, 0.1) is 11.6 Å². The molecule has 2 aliphatic heterocycles. The van der Waals surface area contributed by atoms with Crippen molar-refractivity contribution < 1.29 is 9.59 Å². The summed E-state index contributed by atoms with van der Waals surface area (Å²) in [6.45, 7) is 3.35. The van der Waals surface area contributed by atoms with Gasteiger partial charge in [0, 0.05) is 37.0 Å². The maximum Gasteiger partial charge on any atom is 0.258 e. The third-order valence-electron chi connectivity index (χ3n) is 6.62. The van der Waals surface area contributed by atoms with E-state index in [9.17, 15) is 9.59 Å². The lowest BCUT2D eigenvalue weighted by molar-refractivity contribution is -0.119. The van der Waals surface area contributed by atoms with E-state index >= 15 is 0 Å². The van der Waals surface area contributed by atoms with E-state index in [1.165, 1.54) is 12.8 Å². The largest absolute Gasteiger partial charge is 0.383 e. The number of nitrogens with two attached hydrogens (primary N) is 1. The second kappa shape index (κ2) is 7.90. The minimum atomic E-state index is -0.232. The monoisotopic (exact) mass is 420 g/mol. The minimum Gasteiger partial charge on any atom is -0.383 e. The Morgan fingerprint density at radius 2 is 2.03 bits per heavy atom. The first-order valence-electron chi connectivity index (χ1n) is 11.2. The van der Waals surface area contributed by atoms with E-state index in [0.29, 0.717) is 36.7 Å². The normalized spacial score (nSPS) is 21.2. The summed E-state index contributed by atoms with van der Waals surface area (Å²) in [5.74, 6) is 2.20. The Morgan fingerprint density at radius 3 is 2.81 bits per heavy atom. The van der Waals surface area contributed by atoms with Crippen molar-refractivity contribution in [2.45, 2.75) is 57.9 Å². The van der Waals surface area contributed by atoms with E-state index in [0.717, 1.165) is 42.9 Å². The van der Waals surface area contributed by atoms with Gasteiger partial charge in [0.15, 0.2) is 5.82 Å². The van der Waals surface area contributed by atoms with Gasteiger partial charge in [-0.25, -0.2) is 15.0 Å². The zero-order valence-electron chi connectivity index (χ0n) is 17.9. The van der Waals surface area contributed by atoms with Crippen LogP contribution in [0.5, 0.6) is 0 Å². The summed E-state index contributed by atoms with van der Waals surface area (Å²) in [6, 6.07) is 3.21. The van der Waals surface area contributed by atoms with Crippen molar-refractivity contribution in [1.29, 1.82) is 0 Å². The number of pyridine rings is 1. The van der Waals surface area contributed by atoms with Gasteiger partial charge in [-0.05, 0) is 63.5 Å². The maximum absolute atomic E-state index is 13.3. The molecule has 4 heterocycles. The minimum absolute atomic E-state index is 0.139. The molecule has 2 N–H and O–H groups in total. The van der Waals surface area contributed by atoms with E-state index in [2.05, 4.69) is 4.98 Å². The molecule has 3 aliphatic rings. The van der Waals surface area contributed by atoms with Crippen LogP contribution in [0.3, 0.4) is 0 Å². The molecular formula is C23H28N6O2. The van der Waals surface area contributed by atoms with Crippen molar-refractivity contribution >= 4 is 23.5 Å². The predicted molar refractivity (Wildman–Crippen MR) is 116 cm³/mol. The molecule has 31 heavy (non-hydrogen) atoms. The number of aromatic nitrogens is 3. The summed E-state index contributed by atoms with van der Waals surface area (Å²) >= 11 is 0. The Kier molecular flexibility index (Phi) is 5.08. The summed E-state index contributed by atoms with van der Waals surface area (Å²) in [6.07, 6.45) is 7.85. The van der Waals surface area contributed by atoms with Crippen LogP contribution < -0.4 is 10.6 Å². The summed E-state index contributed by atoms with van der Waals surface area (Å²) in [5, 5.41) is 0. The van der Waals surface area contributed by atoms with Gasteiger partial charge in [0.25, 0.3) is 5.91 Å². The number of hydrogen-bond acceptors (Lipinski definition) is 6. The first-order chi connectivity index (χ1) is 15.0. The van der Waals surface area contributed by atoms with Crippen LogP contribution in [0.1, 0.15) is 72.0 Å². The molecule has 2 fully saturated rings. The fraction of sp³-hybridized carbons (Fsp3) is 0.522. The standard InChI is InChI=1S/C23H28N6O2/c1-14-16-9-10-19(30)29(13-15-7-8-15)22(16)27-21(26-14)18-6-2-3-12-28(18)23(31)17-5-4-11-25-20(17)24/h4-5,11,15,18H,2-3,6-10,12-13H2,1H3,(H2,24,25)/t18-/m1/s1. The van der Waals surface area contributed by atoms with Gasteiger partial charge in [0.2, 0.25) is 5.91 Å². The highest BCUT2D eigenvalue weighted by molar-refractivity contribution is 5.98. The summed E-state index contributed by atoms with van der Waals surface area (Å²) < 4.78 is 0. The summed E-state index contributed by atoms with van der Waals surface area (Å²) in [7, 11) is 0. The van der Waals surface area contributed by atoms with Crippen LogP contribution in [-0.4, -0.2) is 44.8 Å². The van der Waals surface area contributed by atoms with Gasteiger partial charge in [-0.3, -0.25) is 14.5 Å². The number of aryl methyl sites for hydroxylation is 1. The lowest BCUT2D eigenvalue weighted by atomic mass is 9.98. The summed E-state index contributed by atoms with van der Waals surface area (Å²) in [4.78, 5) is 43.5. The van der Waals surface area contributed by atoms with Gasteiger partial charge in [-0.1, -0.05) is 0 Å². The fourth-order valence-corrected chi connectivity index (χ4v) is 4.70. The molecular weight excluding hydrogens is 392 g/mol. The highest BCUT2D eigenvalue weighted by Gasteiger charge is 2.36. The number of amides is 2. The van der Waals surface area contributed by atoms with Crippen molar-refractivity contribution in [3.8, 4) is 0 Å². The second-order valence-electron chi connectivity index (χ2n) is 8.86. The average molecular weight is 421 g/mol. The quantitative estimate of drug-likeness (QED) is 0.815. The molecule has 1 atom stereocenters. The Hall–Kier alpha value is -3.03. The molecule has 0 unspecified atom stereocenters. The predicted octanol–water partition coefficient (Wildman–Crippen LogP) is 2.82. The molecule has 8 heteroatoms. The summed E-state index contributed by atoms with van der Waals surface area (Å²) in [5.41, 5.74) is 8.36. The van der Waals surface area contributed by atoms with E-state index in [1.54, 1.807) is 18.3 Å². The van der Waals surface area contributed by atoms with Gasteiger partial charge in [-0.15, -0.1) is 0 Å². The number of likely N-dealkylation sites (tertiary alicyclic amines) is 1. The zero-order chi connectivity index (χ0) is 21.5. The maximum atomic E-state index is 13.3. The highest BCUT2D eigenvalue weighted by Crippen LogP contribution is 2.37. The topological polar surface area (TPSA) is 105 Å². The number of rotatable bonds is 4. The van der Waals surface area contributed by atoms with Crippen LogP contribution in [0.4, 0.5) is 11.6 Å². The van der Waals surface area contributed by atoms with Gasteiger partial charge >= 0.3 is 0 Å². The molecule has 1 saturated heterocycles. The van der Waals surface area contributed by atoms with E-state index < -0.39 is 0 Å². The van der Waals surface area contributed by atoms with Crippen LogP contribution in [-0.2, 0) is 11.2 Å². The first-order valence-corrected chi connectivity index (χ1v) is 11.2. The number of anilines is 2. The molecule has 2 amide bonds. The lowest BCUT2D eigenvalue weighted by Crippen LogP contribution is -2.41. The smallest absolute Gasteiger partial charge is 0.258 e. The Labute approximate surface area is 181 Å². The lowest BCUT2D eigenvalue weighted by Gasteiger charge is -2.36. The second-order valence-corrected chi connectivity index (χ2v) is 8.86. The van der Waals surface area contributed by atoms with Gasteiger partial charge in [0.1, 0.15) is 11.6 Å². The Balaban J connectivity index is 1.51. The van der Waals surface area contributed by atoms with Crippen molar-refractivity contribution in [2.24, 2.45) is 5.92 Å². The van der Waals surface area contributed by atoms with Crippen molar-refractivity contribution in [1.82, 2.24) is 19.9 Å². The highest BCUT2D eigenvalue weighted by atomic mass is 16.2. The fourth-order valence-electron chi connectivity index (χ4n) is 4.70. The van der Waals surface area contributed by atoms with Crippen molar-refractivity contribution in [3.05, 3.63) is 41.0 Å². The number of piperidine rings is 1. The van der Waals surface area contributed by atoms with E-state index in [1.807, 2.05) is 16.7 Å². The number of fused-ring (bicyclic) bond motifs is 1. The van der Waals surface area contributed by atoms with Crippen molar-refractivity contribution in [2.75, 3.05) is 23.7 Å². The number of nitrogens with zero attached hydrogens (tertiary/aromatic N) is 5. The SMILES string of the molecule is Cc1nc([C@H]2CCCCN2C(=O)c2cccnc2N)nc2c1CCC(=O)N2CC1CC1. The Morgan fingerprint density at radius 1 is 1.19 bits per heavy atom. The number of hydrogen-bond donors (Lipinski definition) is 1. The van der Waals surface area contributed by atoms with Crippen LogP contribution >= 0.6 is 0 Å². The molecule has 162 valence electrons. The molecule has 2 aromatic rings. The number of carbonyl (C=O) groups excluding carboxylic acids is 2. The van der Waals surface area contributed by atoms with Crippen molar-refractivity contribution in [3.63, 3.8) is 0 Å². The van der Waals surface area contributed by atoms with Gasteiger partial charge in [-0.2, -0.15) is 0 Å². The van der Waals surface area contributed by atoms with Crippen LogP contribution in [0.2, 0.25) is 0 Å². The molecule has 2 aromatic heterocycles. The van der Waals surface area contributed by atoms with E-state index in [4.69, 9.17) is 15.7 Å². The number of nitrogen functional groups attached to an aromatic ring is 1. The molecule has 5 rings (SSSR count). The molecule has 0 bridgehead atoms. The third-order valence-corrected chi connectivity index (χ3v) is 6.62. The van der Waals surface area contributed by atoms with Crippen LogP contribution in [0.25, 0.3) is 0 Å².